The predicted octanol–water partition coefficient (Wildman–Crippen LogP) is 2.99. The SMILES string of the molecule is CCc1c(C)nc(-c2ccc(C)cc2)nc1N1CCN(C(C)=O)CC1. The average Bonchev–Trinajstić information content (AvgIpc) is 2.61. The van der Waals surface area contributed by atoms with E-state index in [1.54, 1.807) is 6.92 Å². The number of benzene rings is 1. The van der Waals surface area contributed by atoms with Crippen LogP contribution in [0.15, 0.2) is 24.3 Å². The Morgan fingerprint density at radius 1 is 1.04 bits per heavy atom. The first kappa shape index (κ1) is 17.4. The Morgan fingerprint density at radius 2 is 1.68 bits per heavy atom. The fourth-order valence-corrected chi connectivity index (χ4v) is 3.32. The van der Waals surface area contributed by atoms with E-state index in [4.69, 9.17) is 9.97 Å². The van der Waals surface area contributed by atoms with Crippen LogP contribution < -0.4 is 4.90 Å². The molecule has 1 fully saturated rings. The van der Waals surface area contributed by atoms with Crippen LogP contribution in [0.1, 0.15) is 30.7 Å². The number of nitrogens with zero attached hydrogens (tertiary/aromatic N) is 4. The molecular weight excluding hydrogens is 312 g/mol. The predicted molar refractivity (Wildman–Crippen MR) is 101 cm³/mol. The summed E-state index contributed by atoms with van der Waals surface area (Å²) in [6, 6.07) is 8.33. The second-order valence-corrected chi connectivity index (χ2v) is 6.65. The molecule has 5 nitrogen and oxygen atoms in total. The number of rotatable bonds is 3. The van der Waals surface area contributed by atoms with Gasteiger partial charge in [0.1, 0.15) is 5.82 Å². The third kappa shape index (κ3) is 3.65. The van der Waals surface area contributed by atoms with Gasteiger partial charge in [0.15, 0.2) is 5.82 Å². The zero-order chi connectivity index (χ0) is 18.0. The lowest BCUT2D eigenvalue weighted by Gasteiger charge is -2.36. The topological polar surface area (TPSA) is 49.3 Å². The van der Waals surface area contributed by atoms with E-state index in [-0.39, 0.29) is 5.91 Å². The first-order valence-electron chi connectivity index (χ1n) is 8.94. The number of hydrogen-bond donors (Lipinski definition) is 0. The molecule has 0 bridgehead atoms. The molecule has 5 heteroatoms. The van der Waals surface area contributed by atoms with Crippen molar-refractivity contribution in [2.45, 2.75) is 34.1 Å². The molecule has 0 spiro atoms. The molecule has 1 aliphatic heterocycles. The van der Waals surface area contributed by atoms with Gasteiger partial charge in [-0.1, -0.05) is 36.8 Å². The maximum Gasteiger partial charge on any atom is 0.219 e. The van der Waals surface area contributed by atoms with E-state index < -0.39 is 0 Å². The first-order valence-corrected chi connectivity index (χ1v) is 8.94. The molecule has 1 amide bonds. The molecule has 132 valence electrons. The minimum absolute atomic E-state index is 0.148. The summed E-state index contributed by atoms with van der Waals surface area (Å²) < 4.78 is 0. The average molecular weight is 338 g/mol. The lowest BCUT2D eigenvalue weighted by atomic mass is 10.1. The van der Waals surface area contributed by atoms with Gasteiger partial charge in [0.05, 0.1) is 0 Å². The highest BCUT2D eigenvalue weighted by Crippen LogP contribution is 2.26. The van der Waals surface area contributed by atoms with Crippen molar-refractivity contribution in [3.8, 4) is 11.4 Å². The lowest BCUT2D eigenvalue weighted by Crippen LogP contribution is -2.48. The summed E-state index contributed by atoms with van der Waals surface area (Å²) in [6.45, 7) is 11.1. The third-order valence-electron chi connectivity index (χ3n) is 4.88. The van der Waals surface area contributed by atoms with Crippen LogP contribution in [0.3, 0.4) is 0 Å². The standard InChI is InChI=1S/C20H26N4O/c1-5-18-15(3)21-19(17-8-6-14(2)7-9-17)22-20(18)24-12-10-23(11-13-24)16(4)25/h6-9H,5,10-13H2,1-4H3. The number of hydrogen-bond acceptors (Lipinski definition) is 4. The van der Waals surface area contributed by atoms with Crippen LogP contribution in [-0.4, -0.2) is 47.0 Å². The Labute approximate surface area is 149 Å². The molecule has 2 aromatic rings. The van der Waals surface area contributed by atoms with Gasteiger partial charge < -0.3 is 9.80 Å². The van der Waals surface area contributed by atoms with Gasteiger partial charge in [-0.2, -0.15) is 0 Å². The number of carbonyl (C=O) groups excluding carboxylic acids is 1. The summed E-state index contributed by atoms with van der Waals surface area (Å²) in [4.78, 5) is 25.4. The van der Waals surface area contributed by atoms with E-state index >= 15 is 0 Å². The minimum atomic E-state index is 0.148. The van der Waals surface area contributed by atoms with Crippen LogP contribution in [0.5, 0.6) is 0 Å². The van der Waals surface area contributed by atoms with Crippen molar-refractivity contribution in [2.75, 3.05) is 31.1 Å². The van der Waals surface area contributed by atoms with Crippen molar-refractivity contribution in [3.05, 3.63) is 41.1 Å². The van der Waals surface area contributed by atoms with Crippen molar-refractivity contribution in [1.82, 2.24) is 14.9 Å². The molecule has 0 unspecified atom stereocenters. The van der Waals surface area contributed by atoms with Crippen molar-refractivity contribution < 1.29 is 4.79 Å². The van der Waals surface area contributed by atoms with Crippen LogP contribution >= 0.6 is 0 Å². The highest BCUT2D eigenvalue weighted by Gasteiger charge is 2.23. The Hall–Kier alpha value is -2.43. The Balaban J connectivity index is 1.95. The second kappa shape index (κ2) is 7.21. The van der Waals surface area contributed by atoms with Crippen LogP contribution in [0.4, 0.5) is 5.82 Å². The summed E-state index contributed by atoms with van der Waals surface area (Å²) in [5.41, 5.74) is 4.51. The number of anilines is 1. The highest BCUT2D eigenvalue weighted by atomic mass is 16.2. The van der Waals surface area contributed by atoms with E-state index in [0.717, 1.165) is 55.5 Å². The van der Waals surface area contributed by atoms with Gasteiger partial charge in [-0.15, -0.1) is 0 Å². The van der Waals surface area contributed by atoms with Gasteiger partial charge in [0, 0.05) is 49.9 Å². The van der Waals surface area contributed by atoms with Gasteiger partial charge in [-0.3, -0.25) is 4.79 Å². The van der Waals surface area contributed by atoms with E-state index in [0.29, 0.717) is 0 Å². The molecule has 0 saturated carbocycles. The highest BCUT2D eigenvalue weighted by molar-refractivity contribution is 5.73. The Kier molecular flexibility index (Phi) is 5.02. The normalized spacial score (nSPS) is 14.7. The van der Waals surface area contributed by atoms with Gasteiger partial charge in [0.2, 0.25) is 5.91 Å². The molecule has 1 aromatic carbocycles. The van der Waals surface area contributed by atoms with Crippen molar-refractivity contribution >= 4 is 11.7 Å². The molecule has 3 rings (SSSR count). The number of carbonyl (C=O) groups is 1. The summed E-state index contributed by atoms with van der Waals surface area (Å²) in [5.74, 6) is 1.95. The number of aromatic nitrogens is 2. The quantitative estimate of drug-likeness (QED) is 0.863. The maximum atomic E-state index is 11.6. The van der Waals surface area contributed by atoms with E-state index in [2.05, 4.69) is 49.9 Å². The molecule has 0 N–H and O–H groups in total. The summed E-state index contributed by atoms with van der Waals surface area (Å²) in [5, 5.41) is 0. The van der Waals surface area contributed by atoms with Crippen LogP contribution in [-0.2, 0) is 11.2 Å². The number of aryl methyl sites for hydroxylation is 2. The molecule has 2 heterocycles. The van der Waals surface area contributed by atoms with Gasteiger partial charge >= 0.3 is 0 Å². The van der Waals surface area contributed by atoms with Gasteiger partial charge in [-0.25, -0.2) is 9.97 Å². The Bertz CT molecular complexity index is 762. The first-order chi connectivity index (χ1) is 12.0. The van der Waals surface area contributed by atoms with Crippen LogP contribution in [0.2, 0.25) is 0 Å². The second-order valence-electron chi connectivity index (χ2n) is 6.65. The van der Waals surface area contributed by atoms with Crippen LogP contribution in [0, 0.1) is 13.8 Å². The molecule has 0 aliphatic carbocycles. The molecule has 1 aromatic heterocycles. The largest absolute Gasteiger partial charge is 0.353 e. The summed E-state index contributed by atoms with van der Waals surface area (Å²) in [6.07, 6.45) is 0.905. The molecule has 25 heavy (non-hydrogen) atoms. The fourth-order valence-electron chi connectivity index (χ4n) is 3.32. The smallest absolute Gasteiger partial charge is 0.219 e. The van der Waals surface area contributed by atoms with Crippen molar-refractivity contribution in [2.24, 2.45) is 0 Å². The monoisotopic (exact) mass is 338 g/mol. The molecule has 1 saturated heterocycles. The molecule has 0 atom stereocenters. The van der Waals surface area contributed by atoms with E-state index in [1.165, 1.54) is 11.1 Å². The van der Waals surface area contributed by atoms with Crippen molar-refractivity contribution in [3.63, 3.8) is 0 Å². The fraction of sp³-hybridized carbons (Fsp3) is 0.450. The van der Waals surface area contributed by atoms with E-state index in [9.17, 15) is 4.79 Å². The van der Waals surface area contributed by atoms with Gasteiger partial charge in [-0.05, 0) is 20.3 Å². The van der Waals surface area contributed by atoms with Gasteiger partial charge in [0.25, 0.3) is 0 Å². The molecule has 0 radical (unpaired) electrons. The lowest BCUT2D eigenvalue weighted by molar-refractivity contribution is -0.129. The minimum Gasteiger partial charge on any atom is -0.353 e. The molecular formula is C20H26N4O. The zero-order valence-corrected chi connectivity index (χ0v) is 15.5. The zero-order valence-electron chi connectivity index (χ0n) is 15.5. The number of piperazine rings is 1. The summed E-state index contributed by atoms with van der Waals surface area (Å²) in [7, 11) is 0. The van der Waals surface area contributed by atoms with Crippen molar-refractivity contribution in [1.29, 1.82) is 0 Å². The maximum absolute atomic E-state index is 11.6. The molecule has 1 aliphatic rings. The Morgan fingerprint density at radius 3 is 2.24 bits per heavy atom. The third-order valence-corrected chi connectivity index (χ3v) is 4.88. The van der Waals surface area contributed by atoms with E-state index in [1.807, 2.05) is 4.90 Å². The summed E-state index contributed by atoms with van der Waals surface area (Å²) >= 11 is 0. The van der Waals surface area contributed by atoms with Crippen LogP contribution in [0.25, 0.3) is 11.4 Å². The number of amides is 1.